The van der Waals surface area contributed by atoms with Crippen LogP contribution in [-0.2, 0) is 11.2 Å². The van der Waals surface area contributed by atoms with Crippen LogP contribution in [0.4, 0.5) is 0 Å². The number of amides is 1. The maximum atomic E-state index is 12.6. The van der Waals surface area contributed by atoms with E-state index in [1.807, 2.05) is 42.5 Å². The Morgan fingerprint density at radius 3 is 2.70 bits per heavy atom. The van der Waals surface area contributed by atoms with Gasteiger partial charge in [0.25, 0.3) is 5.91 Å². The molecule has 0 bridgehead atoms. The molecule has 1 aliphatic rings. The number of carbonyl (C=O) groups excluding carboxylic acids is 1. The molecule has 0 radical (unpaired) electrons. The zero-order chi connectivity index (χ0) is 19.2. The van der Waals surface area contributed by atoms with Crippen molar-refractivity contribution in [1.82, 2.24) is 4.90 Å². The Morgan fingerprint density at radius 1 is 1.22 bits per heavy atom. The first-order chi connectivity index (χ1) is 13.1. The lowest BCUT2D eigenvalue weighted by Crippen LogP contribution is -2.35. The molecule has 1 aliphatic heterocycles. The van der Waals surface area contributed by atoms with Gasteiger partial charge >= 0.3 is 0 Å². The summed E-state index contributed by atoms with van der Waals surface area (Å²) in [5.41, 5.74) is 8.52. The van der Waals surface area contributed by atoms with Crippen LogP contribution < -0.4 is 15.2 Å². The molecule has 1 fully saturated rings. The van der Waals surface area contributed by atoms with E-state index in [4.69, 9.17) is 15.2 Å². The van der Waals surface area contributed by atoms with Crippen molar-refractivity contribution < 1.29 is 14.3 Å². The highest BCUT2D eigenvalue weighted by molar-refractivity contribution is 5.78. The van der Waals surface area contributed by atoms with Gasteiger partial charge < -0.3 is 20.1 Å². The molecule has 2 aromatic rings. The summed E-state index contributed by atoms with van der Waals surface area (Å²) in [6.45, 7) is 4.86. The topological polar surface area (TPSA) is 64.8 Å². The summed E-state index contributed by atoms with van der Waals surface area (Å²) < 4.78 is 11.1. The van der Waals surface area contributed by atoms with Crippen LogP contribution in [-0.4, -0.2) is 43.7 Å². The molecule has 2 atom stereocenters. The number of benzene rings is 2. The molecule has 0 aliphatic carbocycles. The van der Waals surface area contributed by atoms with Crippen LogP contribution in [0.15, 0.2) is 61.2 Å². The van der Waals surface area contributed by atoms with E-state index in [1.54, 1.807) is 12.0 Å². The van der Waals surface area contributed by atoms with Gasteiger partial charge in [-0.3, -0.25) is 4.79 Å². The normalized spacial score (nSPS) is 19.0. The second-order valence-corrected chi connectivity index (χ2v) is 6.75. The first-order valence-electron chi connectivity index (χ1n) is 9.11. The van der Waals surface area contributed by atoms with Crippen molar-refractivity contribution >= 4 is 5.91 Å². The average Bonchev–Trinajstić information content (AvgIpc) is 3.09. The fourth-order valence-corrected chi connectivity index (χ4v) is 3.44. The molecule has 27 heavy (non-hydrogen) atoms. The third-order valence-electron chi connectivity index (χ3n) is 4.90. The number of nitrogens with two attached hydrogens (primary N) is 1. The Kier molecular flexibility index (Phi) is 6.14. The van der Waals surface area contributed by atoms with Crippen LogP contribution in [0, 0.1) is 0 Å². The molecule has 0 spiro atoms. The second-order valence-electron chi connectivity index (χ2n) is 6.75. The predicted octanol–water partition coefficient (Wildman–Crippen LogP) is 2.76. The summed E-state index contributed by atoms with van der Waals surface area (Å²) >= 11 is 0. The zero-order valence-electron chi connectivity index (χ0n) is 15.6. The largest absolute Gasteiger partial charge is 0.493 e. The van der Waals surface area contributed by atoms with Crippen molar-refractivity contribution in [2.45, 2.75) is 18.4 Å². The molecule has 1 saturated heterocycles. The summed E-state index contributed by atoms with van der Waals surface area (Å²) in [7, 11) is 1.59. The summed E-state index contributed by atoms with van der Waals surface area (Å²) in [5, 5.41) is 0. The molecule has 0 saturated carbocycles. The SMILES string of the molecule is C=CCc1ccc(OCC(=O)N2C[C@@H](N)[C@H](c3ccccc3)C2)c(OC)c1. The van der Waals surface area contributed by atoms with Gasteiger partial charge in [0.1, 0.15) is 0 Å². The van der Waals surface area contributed by atoms with E-state index in [1.165, 1.54) is 5.56 Å². The number of hydrogen-bond acceptors (Lipinski definition) is 4. The third kappa shape index (κ3) is 4.49. The van der Waals surface area contributed by atoms with E-state index in [2.05, 4.69) is 18.7 Å². The quantitative estimate of drug-likeness (QED) is 0.766. The molecule has 1 amide bonds. The van der Waals surface area contributed by atoms with Crippen LogP contribution in [0.1, 0.15) is 17.0 Å². The van der Waals surface area contributed by atoms with Gasteiger partial charge in [-0.05, 0) is 29.7 Å². The summed E-state index contributed by atoms with van der Waals surface area (Å²) in [5.74, 6) is 1.26. The molecule has 2 N–H and O–H groups in total. The molecule has 5 nitrogen and oxygen atoms in total. The smallest absolute Gasteiger partial charge is 0.260 e. The highest BCUT2D eigenvalue weighted by Gasteiger charge is 2.33. The van der Waals surface area contributed by atoms with Gasteiger partial charge in [0.2, 0.25) is 0 Å². The van der Waals surface area contributed by atoms with E-state index in [0.29, 0.717) is 24.6 Å². The fraction of sp³-hybridized carbons (Fsp3) is 0.318. The molecule has 142 valence electrons. The third-order valence-corrected chi connectivity index (χ3v) is 4.90. The van der Waals surface area contributed by atoms with E-state index >= 15 is 0 Å². The average molecular weight is 366 g/mol. The number of methoxy groups -OCH3 is 1. The van der Waals surface area contributed by atoms with Gasteiger partial charge in [0.05, 0.1) is 7.11 Å². The van der Waals surface area contributed by atoms with Crippen LogP contribution >= 0.6 is 0 Å². The number of likely N-dealkylation sites (tertiary alicyclic amines) is 1. The van der Waals surface area contributed by atoms with Gasteiger partial charge in [-0.25, -0.2) is 0 Å². The highest BCUT2D eigenvalue weighted by Crippen LogP contribution is 2.29. The second kappa shape index (κ2) is 8.73. The standard InChI is InChI=1S/C22H26N2O3/c1-3-7-16-10-11-20(21(12-16)26-2)27-15-22(25)24-13-18(19(23)14-24)17-8-5-4-6-9-17/h3-6,8-12,18-19H,1,7,13-15,23H2,2H3/t18-,19+/m0/s1. The minimum Gasteiger partial charge on any atom is -0.493 e. The van der Waals surface area contributed by atoms with Crippen molar-refractivity contribution in [2.75, 3.05) is 26.8 Å². The number of hydrogen-bond donors (Lipinski definition) is 1. The maximum Gasteiger partial charge on any atom is 0.260 e. The lowest BCUT2D eigenvalue weighted by atomic mass is 9.95. The van der Waals surface area contributed by atoms with Crippen molar-refractivity contribution in [3.8, 4) is 11.5 Å². The summed E-state index contributed by atoms with van der Waals surface area (Å²) in [4.78, 5) is 14.4. The van der Waals surface area contributed by atoms with Crippen LogP contribution in [0.5, 0.6) is 11.5 Å². The van der Waals surface area contributed by atoms with Crippen molar-refractivity contribution in [2.24, 2.45) is 5.73 Å². The number of allylic oxidation sites excluding steroid dienone is 1. The summed E-state index contributed by atoms with van der Waals surface area (Å²) in [6, 6.07) is 15.7. The van der Waals surface area contributed by atoms with Crippen molar-refractivity contribution in [1.29, 1.82) is 0 Å². The van der Waals surface area contributed by atoms with E-state index < -0.39 is 0 Å². The monoisotopic (exact) mass is 366 g/mol. The minimum atomic E-state index is -0.0684. The molecular formula is C22H26N2O3. The van der Waals surface area contributed by atoms with Gasteiger partial charge in [-0.2, -0.15) is 0 Å². The molecule has 0 unspecified atom stereocenters. The number of ether oxygens (including phenoxy) is 2. The number of rotatable bonds is 7. The minimum absolute atomic E-state index is 0.0363. The predicted molar refractivity (Wildman–Crippen MR) is 106 cm³/mol. The first kappa shape index (κ1) is 19.0. The van der Waals surface area contributed by atoms with Crippen molar-refractivity contribution in [3.05, 3.63) is 72.3 Å². The van der Waals surface area contributed by atoms with E-state index in [-0.39, 0.29) is 24.5 Å². The van der Waals surface area contributed by atoms with E-state index in [9.17, 15) is 4.79 Å². The van der Waals surface area contributed by atoms with Crippen LogP contribution in [0.25, 0.3) is 0 Å². The van der Waals surface area contributed by atoms with Crippen LogP contribution in [0.2, 0.25) is 0 Å². The van der Waals surface area contributed by atoms with Crippen molar-refractivity contribution in [3.63, 3.8) is 0 Å². The fourth-order valence-electron chi connectivity index (χ4n) is 3.44. The molecule has 3 rings (SSSR count). The van der Waals surface area contributed by atoms with E-state index in [0.717, 1.165) is 12.0 Å². The van der Waals surface area contributed by atoms with Gasteiger partial charge in [-0.1, -0.05) is 42.5 Å². The summed E-state index contributed by atoms with van der Waals surface area (Å²) in [6.07, 6.45) is 2.58. The Bertz CT molecular complexity index is 791. The van der Waals surface area contributed by atoms with Gasteiger partial charge in [-0.15, -0.1) is 6.58 Å². The molecule has 5 heteroatoms. The Labute approximate surface area is 160 Å². The number of carbonyl (C=O) groups is 1. The Hall–Kier alpha value is -2.79. The highest BCUT2D eigenvalue weighted by atomic mass is 16.5. The maximum absolute atomic E-state index is 12.6. The Balaban J connectivity index is 1.61. The first-order valence-corrected chi connectivity index (χ1v) is 9.11. The van der Waals surface area contributed by atoms with Crippen LogP contribution in [0.3, 0.4) is 0 Å². The molecule has 2 aromatic carbocycles. The zero-order valence-corrected chi connectivity index (χ0v) is 15.6. The molecule has 1 heterocycles. The van der Waals surface area contributed by atoms with Gasteiger partial charge in [0, 0.05) is 25.0 Å². The molecule has 0 aromatic heterocycles. The lowest BCUT2D eigenvalue weighted by Gasteiger charge is -2.18. The lowest BCUT2D eigenvalue weighted by molar-refractivity contribution is -0.132. The molecular weight excluding hydrogens is 340 g/mol. The van der Waals surface area contributed by atoms with Gasteiger partial charge in [0.15, 0.2) is 18.1 Å². The Morgan fingerprint density at radius 2 is 2.00 bits per heavy atom. The number of nitrogens with zero attached hydrogens (tertiary/aromatic N) is 1.